The van der Waals surface area contributed by atoms with Crippen molar-refractivity contribution in [2.24, 2.45) is 0 Å². The number of hydrogen-bond acceptors (Lipinski definition) is 0. The van der Waals surface area contributed by atoms with Gasteiger partial charge in [-0.2, -0.15) is 0 Å². The smallest absolute Gasteiger partial charge is 0 e. The van der Waals surface area contributed by atoms with Crippen LogP contribution in [0.1, 0.15) is 0 Å². The largest absolute Gasteiger partial charge is 0.0623 e. The van der Waals surface area contributed by atoms with Crippen molar-refractivity contribution in [1.29, 1.82) is 0 Å². The molecule has 0 radical (unpaired) electrons. The average molecular weight is 267 g/mol. The van der Waals surface area contributed by atoms with E-state index in [1.54, 1.807) is 0 Å². The summed E-state index contributed by atoms with van der Waals surface area (Å²) in [6.07, 6.45) is 32.0. The van der Waals surface area contributed by atoms with Crippen LogP contribution < -0.4 is 0 Å². The van der Waals surface area contributed by atoms with Crippen LogP contribution in [0.15, 0.2) is 97.2 Å². The predicted molar refractivity (Wildman–Crippen MR) is 73.1 cm³/mol. The summed E-state index contributed by atoms with van der Waals surface area (Å²) in [4.78, 5) is 0. The molecule has 0 unspecified atom stereocenters. The molecule has 0 atom stereocenters. The molecule has 0 fully saturated rings. The molecular weight excluding hydrogens is 251 g/mol. The van der Waals surface area contributed by atoms with E-state index in [1.165, 1.54) is 0 Å². The third-order valence-electron chi connectivity index (χ3n) is 1.78. The van der Waals surface area contributed by atoms with Gasteiger partial charge in [0.25, 0.3) is 0 Å². The van der Waals surface area contributed by atoms with Gasteiger partial charge in [-0.25, -0.2) is 0 Å². The fourth-order valence-corrected chi connectivity index (χ4v) is 1.03. The van der Waals surface area contributed by atoms with E-state index < -0.39 is 0 Å². The van der Waals surface area contributed by atoms with E-state index in [9.17, 15) is 0 Å². The minimum absolute atomic E-state index is 0. The molecular formula is C16H16Ni. The molecule has 0 heterocycles. The Morgan fingerprint density at radius 2 is 0.235 bits per heavy atom. The topological polar surface area (TPSA) is 0 Å². The molecule has 0 nitrogen and oxygen atoms in total. The van der Waals surface area contributed by atoms with Gasteiger partial charge in [0.05, 0.1) is 0 Å². The van der Waals surface area contributed by atoms with Crippen molar-refractivity contribution in [3.8, 4) is 0 Å². The van der Waals surface area contributed by atoms with Gasteiger partial charge in [-0.3, -0.25) is 0 Å². The fraction of sp³-hybridized carbons (Fsp3) is 0. The first kappa shape index (κ1) is 15.4. The molecule has 0 aromatic heterocycles. The van der Waals surface area contributed by atoms with Crippen LogP contribution in [0.25, 0.3) is 0 Å². The normalized spacial score (nSPS) is 22.6. The van der Waals surface area contributed by atoms with E-state index in [4.69, 9.17) is 0 Å². The summed E-state index contributed by atoms with van der Waals surface area (Å²) in [5.41, 5.74) is 0. The van der Waals surface area contributed by atoms with Gasteiger partial charge >= 0.3 is 0 Å². The second-order valence-corrected chi connectivity index (χ2v) is 3.08. The Labute approximate surface area is 114 Å². The van der Waals surface area contributed by atoms with Crippen LogP contribution in [0.4, 0.5) is 0 Å². The van der Waals surface area contributed by atoms with Crippen molar-refractivity contribution >= 4 is 0 Å². The van der Waals surface area contributed by atoms with Gasteiger partial charge in [-0.1, -0.05) is 97.2 Å². The number of rotatable bonds is 0. The fourth-order valence-electron chi connectivity index (χ4n) is 1.03. The van der Waals surface area contributed by atoms with E-state index >= 15 is 0 Å². The molecule has 17 heavy (non-hydrogen) atoms. The first-order chi connectivity index (χ1) is 8.00. The molecule has 1 heteroatoms. The molecule has 0 saturated heterocycles. The van der Waals surface area contributed by atoms with Gasteiger partial charge in [-0.05, 0) is 0 Å². The maximum atomic E-state index is 2.00. The Morgan fingerprint density at radius 1 is 0.176 bits per heavy atom. The third kappa shape index (κ3) is 10.7. The summed E-state index contributed by atoms with van der Waals surface area (Å²) in [7, 11) is 0. The summed E-state index contributed by atoms with van der Waals surface area (Å²) in [6, 6.07) is 0. The van der Waals surface area contributed by atoms with Gasteiger partial charge in [0.1, 0.15) is 0 Å². The molecule has 0 saturated carbocycles. The standard InChI is InChI=1S/2C8H8.Ni/c2*1-2-4-6-8-7-5-3-1;/h2*1-8H;/b2*2-1-,3-1?,4-2?,5-3-,6-4?,7-5?,8-6?,8-7?;. The SMILES string of the molecule is C1=C/C=C\C=C/C=C1.C1=C/C=C\C=C/C=C1.[Ni]. The summed E-state index contributed by atoms with van der Waals surface area (Å²) in [5.74, 6) is 0. The van der Waals surface area contributed by atoms with Crippen LogP contribution in [0.3, 0.4) is 0 Å². The van der Waals surface area contributed by atoms with Gasteiger partial charge in [0.15, 0.2) is 0 Å². The van der Waals surface area contributed by atoms with Crippen LogP contribution >= 0.6 is 0 Å². The van der Waals surface area contributed by atoms with Crippen LogP contribution in [-0.2, 0) is 16.5 Å². The van der Waals surface area contributed by atoms with E-state index in [0.717, 1.165) is 0 Å². The molecule has 0 spiro atoms. The van der Waals surface area contributed by atoms with E-state index in [2.05, 4.69) is 0 Å². The third-order valence-corrected chi connectivity index (χ3v) is 1.78. The molecule has 2 aliphatic rings. The molecule has 0 aromatic carbocycles. The van der Waals surface area contributed by atoms with Gasteiger partial charge in [0.2, 0.25) is 0 Å². The maximum absolute atomic E-state index is 2.00. The van der Waals surface area contributed by atoms with Crippen molar-refractivity contribution in [3.05, 3.63) is 97.2 Å². The van der Waals surface area contributed by atoms with Crippen molar-refractivity contribution in [2.75, 3.05) is 0 Å². The summed E-state index contributed by atoms with van der Waals surface area (Å²) in [6.45, 7) is 0. The first-order valence-electron chi connectivity index (χ1n) is 5.33. The van der Waals surface area contributed by atoms with Crippen molar-refractivity contribution in [3.63, 3.8) is 0 Å². The van der Waals surface area contributed by atoms with Crippen molar-refractivity contribution < 1.29 is 16.5 Å². The number of allylic oxidation sites excluding steroid dienone is 16. The van der Waals surface area contributed by atoms with E-state index in [-0.39, 0.29) is 16.5 Å². The second kappa shape index (κ2) is 12.5. The monoisotopic (exact) mass is 266 g/mol. The van der Waals surface area contributed by atoms with Gasteiger partial charge < -0.3 is 0 Å². The van der Waals surface area contributed by atoms with E-state index in [0.29, 0.717) is 0 Å². The molecule has 2 rings (SSSR count). The molecule has 0 aromatic rings. The Bertz CT molecular complexity index is 247. The average Bonchev–Trinajstić information content (AvgIpc) is 2.15. The second-order valence-electron chi connectivity index (χ2n) is 3.08. The minimum Gasteiger partial charge on any atom is -0.0623 e. The molecule has 2 aliphatic carbocycles. The predicted octanol–water partition coefficient (Wildman–Crippen LogP) is 4.45. The van der Waals surface area contributed by atoms with Crippen LogP contribution in [0, 0.1) is 0 Å². The zero-order chi connectivity index (χ0) is 11.3. The molecule has 90 valence electrons. The quantitative estimate of drug-likeness (QED) is 0.569. The molecule has 0 N–H and O–H groups in total. The maximum Gasteiger partial charge on any atom is 0 e. The minimum atomic E-state index is 0. The van der Waals surface area contributed by atoms with Crippen molar-refractivity contribution in [1.82, 2.24) is 0 Å². The van der Waals surface area contributed by atoms with Crippen LogP contribution in [-0.4, -0.2) is 0 Å². The Hall–Kier alpha value is -1.59. The summed E-state index contributed by atoms with van der Waals surface area (Å²) >= 11 is 0. The molecule has 0 bridgehead atoms. The van der Waals surface area contributed by atoms with Crippen LogP contribution in [0.2, 0.25) is 0 Å². The Balaban J connectivity index is 0.000000284. The Morgan fingerprint density at radius 3 is 0.294 bits per heavy atom. The van der Waals surface area contributed by atoms with Crippen LogP contribution in [0.5, 0.6) is 0 Å². The van der Waals surface area contributed by atoms with Gasteiger partial charge in [-0.15, -0.1) is 0 Å². The Kier molecular flexibility index (Phi) is 11.3. The number of hydrogen-bond donors (Lipinski definition) is 0. The van der Waals surface area contributed by atoms with E-state index in [1.807, 2.05) is 97.2 Å². The van der Waals surface area contributed by atoms with Gasteiger partial charge in [0, 0.05) is 16.5 Å². The molecule has 0 aliphatic heterocycles. The summed E-state index contributed by atoms with van der Waals surface area (Å²) in [5, 5.41) is 0. The van der Waals surface area contributed by atoms with Crippen molar-refractivity contribution in [2.45, 2.75) is 0 Å². The summed E-state index contributed by atoms with van der Waals surface area (Å²) < 4.78 is 0. The first-order valence-corrected chi connectivity index (χ1v) is 5.33. The zero-order valence-electron chi connectivity index (χ0n) is 9.55. The molecule has 0 amide bonds. The zero-order valence-corrected chi connectivity index (χ0v) is 10.5.